The lowest BCUT2D eigenvalue weighted by atomic mass is 9.63. The fourth-order valence-corrected chi connectivity index (χ4v) is 2.99. The first-order valence-corrected chi connectivity index (χ1v) is 7.35. The van der Waals surface area contributed by atoms with Crippen LogP contribution in [0, 0.1) is 5.41 Å². The third kappa shape index (κ3) is 2.59. The lowest BCUT2D eigenvalue weighted by molar-refractivity contribution is -0.140. The Kier molecular flexibility index (Phi) is 4.48. The highest BCUT2D eigenvalue weighted by molar-refractivity contribution is 5.92. The normalized spacial score (nSPS) is 24.2. The molecule has 5 heteroatoms. The average molecular weight is 280 g/mol. The first-order chi connectivity index (χ1) is 9.52. The van der Waals surface area contributed by atoms with Crippen molar-refractivity contribution in [1.82, 2.24) is 10.1 Å². The van der Waals surface area contributed by atoms with E-state index in [0.717, 1.165) is 19.4 Å². The molecule has 0 N–H and O–H groups in total. The Morgan fingerprint density at radius 1 is 1.55 bits per heavy atom. The van der Waals surface area contributed by atoms with Crippen LogP contribution in [0.4, 0.5) is 0 Å². The van der Waals surface area contributed by atoms with Crippen molar-refractivity contribution in [3.8, 4) is 0 Å². The second kappa shape index (κ2) is 5.95. The summed E-state index contributed by atoms with van der Waals surface area (Å²) in [4.78, 5) is 14.5. The summed E-state index contributed by atoms with van der Waals surface area (Å²) in [6.07, 6.45) is 3.48. The van der Waals surface area contributed by atoms with Gasteiger partial charge < -0.3 is 14.2 Å². The van der Waals surface area contributed by atoms with Crippen molar-refractivity contribution in [2.24, 2.45) is 5.41 Å². The fraction of sp³-hybridized carbons (Fsp3) is 0.733. The second-order valence-electron chi connectivity index (χ2n) is 5.90. The van der Waals surface area contributed by atoms with Crippen LogP contribution in [0.25, 0.3) is 0 Å². The number of hydrogen-bond acceptors (Lipinski definition) is 4. The molecule has 0 aromatic carbocycles. The van der Waals surface area contributed by atoms with Crippen molar-refractivity contribution in [2.75, 3.05) is 13.2 Å². The van der Waals surface area contributed by atoms with Crippen molar-refractivity contribution in [3.63, 3.8) is 0 Å². The van der Waals surface area contributed by atoms with Crippen molar-refractivity contribution in [2.45, 2.75) is 52.7 Å². The Bertz CT molecular complexity index is 442. The molecule has 1 aliphatic rings. The molecular formula is C15H24N2O3. The van der Waals surface area contributed by atoms with Gasteiger partial charge in [-0.15, -0.1) is 0 Å². The van der Waals surface area contributed by atoms with Gasteiger partial charge in [0.15, 0.2) is 5.69 Å². The topological polar surface area (TPSA) is 55.6 Å². The summed E-state index contributed by atoms with van der Waals surface area (Å²) in [7, 11) is 0. The van der Waals surface area contributed by atoms with Gasteiger partial charge in [0.25, 0.3) is 5.91 Å². The van der Waals surface area contributed by atoms with Crippen LogP contribution in [0.2, 0.25) is 0 Å². The van der Waals surface area contributed by atoms with Crippen LogP contribution >= 0.6 is 0 Å². The molecule has 1 aliphatic carbocycles. The van der Waals surface area contributed by atoms with E-state index in [1.807, 2.05) is 11.8 Å². The molecule has 0 unspecified atom stereocenters. The van der Waals surface area contributed by atoms with E-state index in [2.05, 4.69) is 25.9 Å². The number of rotatable bonds is 6. The van der Waals surface area contributed by atoms with E-state index in [-0.39, 0.29) is 23.5 Å². The van der Waals surface area contributed by atoms with Crippen LogP contribution in [-0.4, -0.2) is 41.3 Å². The number of hydrogen-bond donors (Lipinski definition) is 0. The number of carbonyl (C=O) groups is 1. The quantitative estimate of drug-likeness (QED) is 0.804. The van der Waals surface area contributed by atoms with Gasteiger partial charge in [0.1, 0.15) is 6.26 Å². The van der Waals surface area contributed by atoms with Gasteiger partial charge in [-0.3, -0.25) is 4.79 Å². The van der Waals surface area contributed by atoms with Gasteiger partial charge in [-0.2, -0.15) is 0 Å². The Morgan fingerprint density at radius 3 is 2.80 bits per heavy atom. The van der Waals surface area contributed by atoms with Crippen molar-refractivity contribution >= 4 is 5.91 Å². The predicted octanol–water partition coefficient (Wildman–Crippen LogP) is 2.73. The van der Waals surface area contributed by atoms with Crippen LogP contribution < -0.4 is 0 Å². The van der Waals surface area contributed by atoms with E-state index < -0.39 is 0 Å². The van der Waals surface area contributed by atoms with Gasteiger partial charge in [-0.25, -0.2) is 0 Å². The maximum absolute atomic E-state index is 12.5. The highest BCUT2D eigenvalue weighted by atomic mass is 16.5. The van der Waals surface area contributed by atoms with Crippen molar-refractivity contribution in [1.29, 1.82) is 0 Å². The summed E-state index contributed by atoms with van der Waals surface area (Å²) in [5.41, 5.74) is 0.360. The molecule has 0 aliphatic heterocycles. The number of nitrogens with zero attached hydrogens (tertiary/aromatic N) is 2. The molecule has 1 amide bonds. The number of aromatic nitrogens is 1. The second-order valence-corrected chi connectivity index (χ2v) is 5.90. The molecule has 1 aromatic heterocycles. The first kappa shape index (κ1) is 15.0. The van der Waals surface area contributed by atoms with E-state index in [1.54, 1.807) is 6.07 Å². The van der Waals surface area contributed by atoms with Crippen LogP contribution in [0.15, 0.2) is 16.9 Å². The minimum absolute atomic E-state index is 0.0232. The molecule has 5 nitrogen and oxygen atoms in total. The molecule has 1 fully saturated rings. The van der Waals surface area contributed by atoms with Crippen molar-refractivity contribution in [3.05, 3.63) is 18.0 Å². The minimum Gasteiger partial charge on any atom is -0.378 e. The zero-order chi connectivity index (χ0) is 14.8. The maximum atomic E-state index is 12.5. The molecule has 1 heterocycles. The zero-order valence-corrected chi connectivity index (χ0v) is 12.8. The van der Waals surface area contributed by atoms with Gasteiger partial charge >= 0.3 is 0 Å². The standard InChI is InChI=1S/C15H24N2O3/c1-5-8-17(14(18)11-7-9-20-16-11)12-10-13(19-6-2)15(12,3)4/h7,9,12-13H,5-6,8,10H2,1-4H3/t12-,13+/m1/s1. The molecule has 0 saturated heterocycles. The van der Waals surface area contributed by atoms with E-state index in [0.29, 0.717) is 12.3 Å². The predicted molar refractivity (Wildman–Crippen MR) is 75.4 cm³/mol. The summed E-state index contributed by atoms with van der Waals surface area (Å²) in [6, 6.07) is 1.82. The van der Waals surface area contributed by atoms with Crippen LogP contribution in [0.1, 0.15) is 51.0 Å². The van der Waals surface area contributed by atoms with E-state index in [4.69, 9.17) is 9.26 Å². The Labute approximate surface area is 120 Å². The van der Waals surface area contributed by atoms with E-state index >= 15 is 0 Å². The van der Waals surface area contributed by atoms with E-state index in [9.17, 15) is 4.79 Å². The van der Waals surface area contributed by atoms with Gasteiger partial charge in [-0.05, 0) is 19.8 Å². The fourth-order valence-electron chi connectivity index (χ4n) is 2.99. The largest absolute Gasteiger partial charge is 0.378 e. The zero-order valence-electron chi connectivity index (χ0n) is 12.8. The minimum atomic E-state index is -0.0476. The van der Waals surface area contributed by atoms with Crippen LogP contribution in [0.5, 0.6) is 0 Å². The molecule has 0 radical (unpaired) electrons. The monoisotopic (exact) mass is 280 g/mol. The molecule has 0 bridgehead atoms. The number of carbonyl (C=O) groups excluding carboxylic acids is 1. The Balaban J connectivity index is 2.12. The lowest BCUT2D eigenvalue weighted by Crippen LogP contribution is -2.63. The number of ether oxygens (including phenoxy) is 1. The summed E-state index contributed by atoms with van der Waals surface area (Å²) in [5, 5.41) is 3.77. The molecular weight excluding hydrogens is 256 g/mol. The molecule has 2 rings (SSSR count). The van der Waals surface area contributed by atoms with Crippen LogP contribution in [0.3, 0.4) is 0 Å². The first-order valence-electron chi connectivity index (χ1n) is 7.35. The molecule has 1 saturated carbocycles. The van der Waals surface area contributed by atoms with Gasteiger partial charge in [0.05, 0.1) is 6.10 Å². The lowest BCUT2D eigenvalue weighted by Gasteiger charge is -2.55. The summed E-state index contributed by atoms with van der Waals surface area (Å²) >= 11 is 0. The highest BCUT2D eigenvalue weighted by Crippen LogP contribution is 2.46. The van der Waals surface area contributed by atoms with Gasteiger partial charge in [0, 0.05) is 30.7 Å². The Hall–Kier alpha value is -1.36. The molecule has 20 heavy (non-hydrogen) atoms. The molecule has 112 valence electrons. The molecule has 0 spiro atoms. The average Bonchev–Trinajstić information content (AvgIpc) is 2.94. The summed E-state index contributed by atoms with van der Waals surface area (Å²) < 4.78 is 10.5. The molecule has 1 aromatic rings. The summed E-state index contributed by atoms with van der Waals surface area (Å²) in [6.45, 7) is 9.87. The van der Waals surface area contributed by atoms with E-state index in [1.165, 1.54) is 6.26 Å². The SMILES string of the molecule is CCCN(C(=O)c1ccon1)[C@@H]1C[C@H](OCC)C1(C)C. The van der Waals surface area contributed by atoms with Crippen molar-refractivity contribution < 1.29 is 14.1 Å². The van der Waals surface area contributed by atoms with Crippen LogP contribution in [-0.2, 0) is 4.74 Å². The van der Waals surface area contributed by atoms with Gasteiger partial charge in [0.2, 0.25) is 0 Å². The summed E-state index contributed by atoms with van der Waals surface area (Å²) in [5.74, 6) is -0.0476. The third-order valence-electron chi connectivity index (χ3n) is 4.25. The van der Waals surface area contributed by atoms with Gasteiger partial charge in [-0.1, -0.05) is 25.9 Å². The highest BCUT2D eigenvalue weighted by Gasteiger charge is 2.52. The Morgan fingerprint density at radius 2 is 2.30 bits per heavy atom. The molecule has 2 atom stereocenters. The maximum Gasteiger partial charge on any atom is 0.276 e. The smallest absolute Gasteiger partial charge is 0.276 e. The third-order valence-corrected chi connectivity index (χ3v) is 4.25. The number of amides is 1.